The van der Waals surface area contributed by atoms with Gasteiger partial charge in [0.05, 0.1) is 0 Å². The first-order valence-corrected chi connectivity index (χ1v) is 16.0. The van der Waals surface area contributed by atoms with Gasteiger partial charge in [-0.15, -0.1) is 81.8 Å². The van der Waals surface area contributed by atoms with Gasteiger partial charge >= 0.3 is 26.2 Å². The third-order valence-corrected chi connectivity index (χ3v) is 7.58. The van der Waals surface area contributed by atoms with Crippen LogP contribution >= 0.6 is 24.8 Å². The second kappa shape index (κ2) is 25.4. The third-order valence-electron chi connectivity index (χ3n) is 7.58. The number of benzene rings is 2. The maximum absolute atomic E-state index is 3.25. The summed E-state index contributed by atoms with van der Waals surface area (Å²) in [5, 5.41) is 5.70. The summed E-state index contributed by atoms with van der Waals surface area (Å²) in [5.74, 6) is 2.42. The fraction of sp³-hybridized carbons (Fsp3) is 0.525. The van der Waals surface area contributed by atoms with Crippen molar-refractivity contribution in [2.45, 2.75) is 139 Å². The van der Waals surface area contributed by atoms with Crippen LogP contribution in [0.5, 0.6) is 0 Å². The molecule has 0 spiro atoms. The molecule has 0 aromatic heterocycles. The summed E-state index contributed by atoms with van der Waals surface area (Å²) < 4.78 is 0. The molecule has 0 amide bonds. The van der Waals surface area contributed by atoms with E-state index in [2.05, 4.69) is 139 Å². The van der Waals surface area contributed by atoms with Crippen LogP contribution in [0.4, 0.5) is 0 Å². The summed E-state index contributed by atoms with van der Waals surface area (Å²) in [6.45, 7) is 32.0. The third kappa shape index (κ3) is 15.3. The minimum absolute atomic E-state index is 0. The van der Waals surface area contributed by atoms with Gasteiger partial charge in [-0.1, -0.05) is 143 Å². The molecule has 0 nitrogen and oxygen atoms in total. The van der Waals surface area contributed by atoms with Gasteiger partial charge in [0.2, 0.25) is 0 Å². The Morgan fingerprint density at radius 1 is 0.545 bits per heavy atom. The number of rotatable bonds is 7. The fourth-order valence-electron chi connectivity index (χ4n) is 5.17. The molecular weight excluding hydrogens is 671 g/mol. The molecule has 4 aromatic carbocycles. The Kier molecular flexibility index (Phi) is 29.0. The molecule has 0 aliphatic heterocycles. The number of fused-ring (bicyclic) bond motifs is 2. The average molecular weight is 734 g/mol. The minimum atomic E-state index is 0. The zero-order valence-electron chi connectivity index (χ0n) is 30.3. The molecule has 5 radical (unpaired) electrons. The fourth-order valence-corrected chi connectivity index (χ4v) is 5.17. The van der Waals surface area contributed by atoms with Crippen molar-refractivity contribution in [3.05, 3.63) is 88.8 Å². The topological polar surface area (TPSA) is 0 Å². The van der Waals surface area contributed by atoms with Gasteiger partial charge in [0.15, 0.2) is 0 Å². The summed E-state index contributed by atoms with van der Waals surface area (Å²) in [6, 6.07) is 18.7. The molecule has 0 atom stereocenters. The summed E-state index contributed by atoms with van der Waals surface area (Å²) in [7, 11) is 0. The Bertz CT molecular complexity index is 1180. The Labute approximate surface area is 309 Å². The van der Waals surface area contributed by atoms with E-state index in [0.717, 1.165) is 0 Å². The molecule has 0 N–H and O–H groups in total. The van der Waals surface area contributed by atoms with Gasteiger partial charge in [0, 0.05) is 11.0 Å². The van der Waals surface area contributed by atoms with Crippen LogP contribution < -0.4 is 0 Å². The van der Waals surface area contributed by atoms with Crippen LogP contribution in [0.1, 0.15) is 159 Å². The van der Waals surface area contributed by atoms with E-state index in [9.17, 15) is 0 Å². The van der Waals surface area contributed by atoms with Gasteiger partial charge in [0.25, 0.3) is 0 Å². The van der Waals surface area contributed by atoms with E-state index in [1.807, 2.05) is 0 Å². The average Bonchev–Trinajstić information content (AvgIpc) is 3.48. The number of aryl methyl sites for hydroxylation is 2. The maximum Gasteiger partial charge on any atom is 3.00 e. The standard InChI is InChI=1S/2C16H21.C6H14.C2H5.2ClH.Si.Zr/c2*1-10(2)13-8-14-6-12(5)7-16(14)15(9-13)11(3)4;1-3-5-6-4-2;1-2;;;;/h2*6-11H,1-5H3;3-6H2,1-2H3;1H2,2H3;2*1H;;/q2*-1;;-1;;;;+3. The van der Waals surface area contributed by atoms with Crippen LogP contribution in [0, 0.1) is 20.8 Å². The van der Waals surface area contributed by atoms with Gasteiger partial charge in [-0.05, 0) is 23.7 Å². The van der Waals surface area contributed by atoms with Crippen molar-refractivity contribution in [1.29, 1.82) is 0 Å². The van der Waals surface area contributed by atoms with E-state index in [0.29, 0.717) is 23.7 Å². The zero-order chi connectivity index (χ0) is 30.6. The molecule has 0 unspecified atom stereocenters. The summed E-state index contributed by atoms with van der Waals surface area (Å²) in [6.07, 6.45) is 5.54. The van der Waals surface area contributed by atoms with Crippen molar-refractivity contribution < 1.29 is 26.2 Å². The molecule has 44 heavy (non-hydrogen) atoms. The van der Waals surface area contributed by atoms with Crippen LogP contribution in [-0.2, 0) is 26.2 Å². The van der Waals surface area contributed by atoms with Crippen molar-refractivity contribution in [1.82, 2.24) is 0 Å². The van der Waals surface area contributed by atoms with E-state index in [1.165, 1.54) is 80.6 Å². The van der Waals surface area contributed by atoms with Crippen molar-refractivity contribution in [2.75, 3.05) is 0 Å². The second-order valence-corrected chi connectivity index (χ2v) is 12.6. The zero-order valence-corrected chi connectivity index (χ0v) is 35.4. The van der Waals surface area contributed by atoms with E-state index < -0.39 is 0 Å². The summed E-state index contributed by atoms with van der Waals surface area (Å²) in [4.78, 5) is 0. The van der Waals surface area contributed by atoms with E-state index in [4.69, 9.17) is 0 Å². The predicted octanol–water partition coefficient (Wildman–Crippen LogP) is 14.1. The van der Waals surface area contributed by atoms with Crippen molar-refractivity contribution in [3.8, 4) is 0 Å². The van der Waals surface area contributed by atoms with E-state index >= 15 is 0 Å². The summed E-state index contributed by atoms with van der Waals surface area (Å²) in [5.41, 5.74) is 8.66. The van der Waals surface area contributed by atoms with Gasteiger partial charge in [0.1, 0.15) is 0 Å². The molecule has 0 aliphatic carbocycles. The van der Waals surface area contributed by atoms with Crippen molar-refractivity contribution >= 4 is 57.3 Å². The monoisotopic (exact) mass is 731 g/mol. The smallest absolute Gasteiger partial charge is 0.346 e. The van der Waals surface area contributed by atoms with Gasteiger partial charge in [-0.3, -0.25) is 0 Å². The largest absolute Gasteiger partial charge is 3.00 e. The first-order chi connectivity index (χ1) is 18.9. The molecule has 0 bridgehead atoms. The van der Waals surface area contributed by atoms with Crippen LogP contribution in [0.15, 0.2) is 48.5 Å². The van der Waals surface area contributed by atoms with Crippen LogP contribution in [0.25, 0.3) is 21.5 Å². The Balaban J connectivity index is -0.000000274. The number of hydrogen-bond donors (Lipinski definition) is 0. The maximum atomic E-state index is 3.25. The molecule has 0 aliphatic rings. The molecule has 0 heterocycles. The molecule has 0 saturated carbocycles. The molecule has 4 heteroatoms. The number of hydrogen-bond acceptors (Lipinski definition) is 0. The molecular formula is C40H63Cl2SiZr. The quantitative estimate of drug-likeness (QED) is 0.101. The van der Waals surface area contributed by atoms with Crippen LogP contribution in [-0.4, -0.2) is 11.0 Å². The van der Waals surface area contributed by atoms with Gasteiger partial charge < -0.3 is 6.92 Å². The molecule has 0 fully saturated rings. The van der Waals surface area contributed by atoms with Gasteiger partial charge in [-0.2, -0.15) is 19.1 Å². The number of unbranched alkanes of at least 4 members (excludes halogenated alkanes) is 3. The van der Waals surface area contributed by atoms with Gasteiger partial charge in [-0.25, -0.2) is 0 Å². The molecule has 0 saturated heterocycles. The molecule has 245 valence electrons. The van der Waals surface area contributed by atoms with E-state index in [-0.39, 0.29) is 62.0 Å². The second-order valence-electron chi connectivity index (χ2n) is 12.6. The van der Waals surface area contributed by atoms with Crippen molar-refractivity contribution in [3.63, 3.8) is 0 Å². The first kappa shape index (κ1) is 50.2. The van der Waals surface area contributed by atoms with Crippen molar-refractivity contribution in [2.24, 2.45) is 0 Å². The summed E-state index contributed by atoms with van der Waals surface area (Å²) >= 11 is 0. The Morgan fingerprint density at radius 3 is 1.07 bits per heavy atom. The predicted molar refractivity (Wildman–Crippen MR) is 206 cm³/mol. The minimum Gasteiger partial charge on any atom is -0.346 e. The van der Waals surface area contributed by atoms with E-state index in [1.54, 1.807) is 6.92 Å². The normalized spacial score (nSPS) is 10.0. The number of halogens is 2. The molecule has 4 aromatic rings. The first-order valence-electron chi connectivity index (χ1n) is 16.0. The SMILES string of the molecule is CCCCCC.Cc1cc2c(C(C)C)cc(C(C)C)cc2[cH-]1.Cc1cc2c(C(C)C)cc(C(C)C)cc2[cH-]1.Cl.Cl.[CH2-]C.[Si].[Zr+3]. The van der Waals surface area contributed by atoms with Crippen LogP contribution in [0.3, 0.4) is 0 Å². The Hall–Kier alpha value is -0.660. The van der Waals surface area contributed by atoms with Crippen LogP contribution in [0.2, 0.25) is 0 Å². The molecule has 4 rings (SSSR count). The Morgan fingerprint density at radius 2 is 0.841 bits per heavy atom.